The normalized spacial score (nSPS) is 13.1. The molecule has 9 heteroatoms. The quantitative estimate of drug-likeness (QED) is 0.896. The molecule has 0 unspecified atom stereocenters. The van der Waals surface area contributed by atoms with Crippen molar-refractivity contribution in [3.05, 3.63) is 28.8 Å². The highest BCUT2D eigenvalue weighted by molar-refractivity contribution is 7.90. The van der Waals surface area contributed by atoms with E-state index in [1.807, 2.05) is 0 Å². The van der Waals surface area contributed by atoms with Crippen molar-refractivity contribution >= 4 is 27.5 Å². The van der Waals surface area contributed by atoms with Crippen molar-refractivity contribution in [1.82, 2.24) is 4.72 Å². The number of amides is 1. The fraction of sp³-hybridized carbons (Fsp3) is 0.417. The van der Waals surface area contributed by atoms with Gasteiger partial charge in [-0.05, 0) is 12.1 Å². The zero-order valence-corrected chi connectivity index (χ0v) is 12.9. The van der Waals surface area contributed by atoms with Crippen LogP contribution in [0.5, 0.6) is 0 Å². The third kappa shape index (κ3) is 4.10. The lowest BCUT2D eigenvalue weighted by atomic mass is 9.96. The maximum atomic E-state index is 12.9. The van der Waals surface area contributed by atoms with E-state index in [0.29, 0.717) is 6.07 Å². The first-order valence-electron chi connectivity index (χ1n) is 5.70. The Kier molecular flexibility index (Phi) is 4.65. The second-order valence-corrected chi connectivity index (χ2v) is 7.33. The number of halogens is 4. The fourth-order valence-corrected chi connectivity index (χ4v) is 3.26. The van der Waals surface area contributed by atoms with Gasteiger partial charge in [-0.25, -0.2) is 13.1 Å². The van der Waals surface area contributed by atoms with Crippen molar-refractivity contribution in [2.75, 3.05) is 0 Å². The summed E-state index contributed by atoms with van der Waals surface area (Å²) in [4.78, 5) is 10.6. The van der Waals surface area contributed by atoms with Crippen molar-refractivity contribution in [1.29, 1.82) is 0 Å². The second kappa shape index (κ2) is 5.49. The average molecular weight is 344 g/mol. The van der Waals surface area contributed by atoms with Crippen molar-refractivity contribution in [2.24, 2.45) is 5.41 Å². The Labute approximate surface area is 125 Å². The minimum absolute atomic E-state index is 0.585. The van der Waals surface area contributed by atoms with Crippen LogP contribution in [0.15, 0.2) is 23.1 Å². The lowest BCUT2D eigenvalue weighted by molar-refractivity contribution is -0.140. The Morgan fingerprint density at radius 1 is 1.19 bits per heavy atom. The first-order valence-corrected chi connectivity index (χ1v) is 7.56. The molecule has 0 bridgehead atoms. The lowest BCUT2D eigenvalue weighted by Crippen LogP contribution is -2.39. The van der Waals surface area contributed by atoms with Gasteiger partial charge in [-0.3, -0.25) is 4.79 Å². The summed E-state index contributed by atoms with van der Waals surface area (Å²) in [6.45, 7) is 4.28. The Balaban J connectivity index is 3.43. The van der Waals surface area contributed by atoms with Crippen molar-refractivity contribution in [2.45, 2.75) is 31.8 Å². The standard InChI is InChI=1S/C12H13ClF3NO3S/c1-11(2,3)10(18)17-21(19,20)9-7(12(14,15)16)5-4-6-8(9)13/h4-6H,1-3H3,(H,17,18). The maximum Gasteiger partial charge on any atom is 0.417 e. The molecule has 1 rings (SSSR count). The summed E-state index contributed by atoms with van der Waals surface area (Å²) in [5.41, 5.74) is -2.52. The number of alkyl halides is 3. The minimum atomic E-state index is -4.92. The summed E-state index contributed by atoms with van der Waals surface area (Å²) in [5.74, 6) is -0.935. The molecule has 0 aliphatic heterocycles. The van der Waals surface area contributed by atoms with Crippen LogP contribution in [0.4, 0.5) is 13.2 Å². The summed E-state index contributed by atoms with van der Waals surface area (Å²) in [6, 6.07) is 2.57. The summed E-state index contributed by atoms with van der Waals surface area (Å²) in [5, 5.41) is -0.612. The van der Waals surface area contributed by atoms with E-state index in [1.165, 1.54) is 20.8 Å². The van der Waals surface area contributed by atoms with Crippen molar-refractivity contribution in [3.63, 3.8) is 0 Å². The van der Waals surface area contributed by atoms with E-state index >= 15 is 0 Å². The first kappa shape index (κ1) is 17.8. The fourth-order valence-electron chi connectivity index (χ4n) is 1.33. The highest BCUT2D eigenvalue weighted by Crippen LogP contribution is 2.37. The molecule has 0 spiro atoms. The van der Waals surface area contributed by atoms with Gasteiger partial charge >= 0.3 is 6.18 Å². The van der Waals surface area contributed by atoms with Gasteiger partial charge in [-0.1, -0.05) is 38.4 Å². The molecule has 4 nitrogen and oxygen atoms in total. The number of nitrogens with one attached hydrogen (secondary N) is 1. The zero-order chi connectivity index (χ0) is 16.6. The molecule has 1 N–H and O–H groups in total. The van der Waals surface area contributed by atoms with Gasteiger partial charge in [0.15, 0.2) is 0 Å². The summed E-state index contributed by atoms with van der Waals surface area (Å²) in [7, 11) is -4.74. The third-order valence-electron chi connectivity index (χ3n) is 2.45. The molecule has 21 heavy (non-hydrogen) atoms. The molecule has 1 aromatic rings. The van der Waals surface area contributed by atoms with Crippen LogP contribution < -0.4 is 4.72 Å². The number of hydrogen-bond acceptors (Lipinski definition) is 3. The smallest absolute Gasteiger partial charge is 0.273 e. The number of carbonyl (C=O) groups is 1. The van der Waals surface area contributed by atoms with Gasteiger partial charge in [0.25, 0.3) is 10.0 Å². The molecule has 0 aliphatic carbocycles. The highest BCUT2D eigenvalue weighted by Gasteiger charge is 2.39. The van der Waals surface area contributed by atoms with Crippen LogP contribution in [0.3, 0.4) is 0 Å². The number of benzene rings is 1. The molecule has 0 aromatic heterocycles. The molecule has 0 aliphatic rings. The molecule has 118 valence electrons. The van der Waals surface area contributed by atoms with Crippen LogP contribution in [-0.2, 0) is 21.0 Å². The van der Waals surface area contributed by atoms with Crippen LogP contribution in [0.25, 0.3) is 0 Å². The molecule has 0 saturated heterocycles. The topological polar surface area (TPSA) is 63.2 Å². The lowest BCUT2D eigenvalue weighted by Gasteiger charge is -2.19. The Hall–Kier alpha value is -1.28. The number of sulfonamides is 1. The average Bonchev–Trinajstić information content (AvgIpc) is 2.25. The number of hydrogen-bond donors (Lipinski definition) is 1. The van der Waals surface area contributed by atoms with E-state index in [2.05, 4.69) is 0 Å². The minimum Gasteiger partial charge on any atom is -0.273 e. The van der Waals surface area contributed by atoms with Gasteiger partial charge in [0.2, 0.25) is 5.91 Å². The highest BCUT2D eigenvalue weighted by atomic mass is 35.5. The van der Waals surface area contributed by atoms with Crippen molar-refractivity contribution < 1.29 is 26.4 Å². The molecule has 0 fully saturated rings. The van der Waals surface area contributed by atoms with E-state index in [-0.39, 0.29) is 0 Å². The molecule has 1 aromatic carbocycles. The monoisotopic (exact) mass is 343 g/mol. The molecular weight excluding hydrogens is 331 g/mol. The summed E-state index contributed by atoms with van der Waals surface area (Å²) < 4.78 is 64.4. The molecule has 0 heterocycles. The number of rotatable bonds is 2. The Bertz CT molecular complexity index is 663. The molecular formula is C12H13ClF3NO3S. The molecule has 0 atom stereocenters. The molecule has 1 amide bonds. The van der Waals surface area contributed by atoms with E-state index < -0.39 is 43.0 Å². The van der Waals surface area contributed by atoms with E-state index in [1.54, 1.807) is 4.72 Å². The summed E-state index contributed by atoms with van der Waals surface area (Å²) in [6.07, 6.45) is -4.92. The molecule has 0 saturated carbocycles. The van der Waals surface area contributed by atoms with Gasteiger partial charge in [-0.2, -0.15) is 13.2 Å². The Morgan fingerprint density at radius 3 is 2.14 bits per heavy atom. The van der Waals surface area contributed by atoms with Crippen LogP contribution in [-0.4, -0.2) is 14.3 Å². The van der Waals surface area contributed by atoms with Crippen LogP contribution >= 0.6 is 11.6 Å². The largest absolute Gasteiger partial charge is 0.417 e. The predicted octanol–water partition coefficient (Wildman–Crippen LogP) is 3.21. The van der Waals surface area contributed by atoms with Gasteiger partial charge in [0, 0.05) is 5.41 Å². The van der Waals surface area contributed by atoms with Crippen LogP contribution in [0, 0.1) is 5.41 Å². The third-order valence-corrected chi connectivity index (χ3v) is 4.31. The van der Waals surface area contributed by atoms with Gasteiger partial charge in [0.1, 0.15) is 4.90 Å². The Morgan fingerprint density at radius 2 is 1.71 bits per heavy atom. The molecule has 0 radical (unpaired) electrons. The maximum absolute atomic E-state index is 12.9. The van der Waals surface area contributed by atoms with E-state index in [4.69, 9.17) is 11.6 Å². The van der Waals surface area contributed by atoms with Crippen LogP contribution in [0.2, 0.25) is 5.02 Å². The zero-order valence-electron chi connectivity index (χ0n) is 11.4. The van der Waals surface area contributed by atoms with Crippen molar-refractivity contribution in [3.8, 4) is 0 Å². The van der Waals surface area contributed by atoms with E-state index in [9.17, 15) is 26.4 Å². The number of carbonyl (C=O) groups excluding carboxylic acids is 1. The van der Waals surface area contributed by atoms with Gasteiger partial charge < -0.3 is 0 Å². The predicted molar refractivity (Wildman–Crippen MR) is 71.2 cm³/mol. The van der Waals surface area contributed by atoms with E-state index in [0.717, 1.165) is 12.1 Å². The SMILES string of the molecule is CC(C)(C)C(=O)NS(=O)(=O)c1c(Cl)cccc1C(F)(F)F. The van der Waals surface area contributed by atoms with Crippen LogP contribution in [0.1, 0.15) is 26.3 Å². The summed E-state index contributed by atoms with van der Waals surface area (Å²) >= 11 is 5.59. The van der Waals surface area contributed by atoms with Gasteiger partial charge in [-0.15, -0.1) is 0 Å². The first-order chi connectivity index (χ1) is 9.27. The van der Waals surface area contributed by atoms with Gasteiger partial charge in [0.05, 0.1) is 10.6 Å². The second-order valence-electron chi connectivity index (χ2n) is 5.30.